The average Bonchev–Trinajstić information content (AvgIpc) is 2.54. The van der Waals surface area contributed by atoms with Crippen LogP contribution >= 0.6 is 0 Å². The number of amides is 2. The van der Waals surface area contributed by atoms with Crippen LogP contribution in [0.3, 0.4) is 0 Å². The Bertz CT molecular complexity index is 756. The molecule has 0 aliphatic carbocycles. The zero-order chi connectivity index (χ0) is 17.7. The lowest BCUT2D eigenvalue weighted by Crippen LogP contribution is -2.40. The molecule has 0 fully saturated rings. The molecule has 0 spiro atoms. The van der Waals surface area contributed by atoms with Crippen LogP contribution in [-0.2, 0) is 19.6 Å². The molecular weight excluding hydrogens is 332 g/mol. The fourth-order valence-corrected chi connectivity index (χ4v) is 3.13. The molecule has 1 aromatic rings. The summed E-state index contributed by atoms with van der Waals surface area (Å²) in [7, 11) is -2.11. The van der Waals surface area contributed by atoms with Gasteiger partial charge in [0, 0.05) is 33.0 Å². The third kappa shape index (κ3) is 4.62. The second-order valence-corrected chi connectivity index (χ2v) is 7.20. The SMILES string of the molecule is Cc1ccc(S(=O)(=O)NCCNC(=O)C2=NN(C)C(=O)CC2)cc1. The van der Waals surface area contributed by atoms with Crippen LogP contribution in [0.15, 0.2) is 34.3 Å². The number of nitrogens with one attached hydrogen (secondary N) is 2. The fourth-order valence-electron chi connectivity index (χ4n) is 2.10. The molecule has 1 heterocycles. The summed E-state index contributed by atoms with van der Waals surface area (Å²) in [6.07, 6.45) is 0.521. The summed E-state index contributed by atoms with van der Waals surface area (Å²) in [6.45, 7) is 2.06. The van der Waals surface area contributed by atoms with Crippen molar-refractivity contribution in [3.05, 3.63) is 29.8 Å². The number of rotatable bonds is 6. The summed E-state index contributed by atoms with van der Waals surface area (Å²) in [5.74, 6) is -0.540. The Hall–Kier alpha value is -2.26. The first-order valence-electron chi connectivity index (χ1n) is 7.48. The highest BCUT2D eigenvalue weighted by molar-refractivity contribution is 7.89. The summed E-state index contributed by atoms with van der Waals surface area (Å²) >= 11 is 0. The first-order valence-corrected chi connectivity index (χ1v) is 8.96. The molecule has 0 saturated carbocycles. The van der Waals surface area contributed by atoms with Crippen molar-refractivity contribution >= 4 is 27.5 Å². The predicted octanol–water partition coefficient (Wildman–Crippen LogP) is -0.00228. The molecule has 0 aromatic heterocycles. The third-order valence-corrected chi connectivity index (χ3v) is 4.98. The molecule has 0 saturated heterocycles. The van der Waals surface area contributed by atoms with Gasteiger partial charge in [-0.15, -0.1) is 0 Å². The quantitative estimate of drug-likeness (QED) is 0.702. The predicted molar refractivity (Wildman–Crippen MR) is 88.8 cm³/mol. The van der Waals surface area contributed by atoms with E-state index >= 15 is 0 Å². The minimum atomic E-state index is -3.60. The van der Waals surface area contributed by atoms with Crippen molar-refractivity contribution in [3.63, 3.8) is 0 Å². The standard InChI is InChI=1S/C15H20N4O4S/c1-11-3-5-12(6-4-11)24(22,23)17-10-9-16-15(21)13-7-8-14(20)19(2)18-13/h3-6,17H,7-10H2,1-2H3,(H,16,21). The molecule has 1 aliphatic rings. The van der Waals surface area contributed by atoms with Crippen molar-refractivity contribution in [1.82, 2.24) is 15.0 Å². The molecule has 24 heavy (non-hydrogen) atoms. The lowest BCUT2D eigenvalue weighted by Gasteiger charge is -2.18. The normalized spacial score (nSPS) is 15.2. The lowest BCUT2D eigenvalue weighted by molar-refractivity contribution is -0.130. The highest BCUT2D eigenvalue weighted by Gasteiger charge is 2.21. The number of hydrogen-bond donors (Lipinski definition) is 2. The van der Waals surface area contributed by atoms with Crippen molar-refractivity contribution in [3.8, 4) is 0 Å². The van der Waals surface area contributed by atoms with E-state index in [2.05, 4.69) is 15.1 Å². The monoisotopic (exact) mass is 352 g/mol. The van der Waals surface area contributed by atoms with Crippen LogP contribution in [0.4, 0.5) is 0 Å². The minimum absolute atomic E-state index is 0.0595. The Morgan fingerprint density at radius 2 is 1.88 bits per heavy atom. The van der Waals surface area contributed by atoms with Gasteiger partial charge in [0.25, 0.3) is 5.91 Å². The Kier molecular flexibility index (Phi) is 5.68. The molecule has 2 rings (SSSR count). The smallest absolute Gasteiger partial charge is 0.267 e. The lowest BCUT2D eigenvalue weighted by atomic mass is 10.1. The van der Waals surface area contributed by atoms with Gasteiger partial charge in [0.15, 0.2) is 0 Å². The Labute approximate surface area is 141 Å². The molecule has 9 heteroatoms. The molecule has 130 valence electrons. The van der Waals surface area contributed by atoms with E-state index in [1.165, 1.54) is 19.2 Å². The second-order valence-electron chi connectivity index (χ2n) is 5.43. The molecule has 0 unspecified atom stereocenters. The number of sulfonamides is 1. The molecule has 1 aromatic carbocycles. The number of hydrazone groups is 1. The van der Waals surface area contributed by atoms with Gasteiger partial charge in [0.1, 0.15) is 5.71 Å². The highest BCUT2D eigenvalue weighted by atomic mass is 32.2. The van der Waals surface area contributed by atoms with Gasteiger partial charge in [-0.3, -0.25) is 9.59 Å². The molecule has 1 aliphatic heterocycles. The molecule has 8 nitrogen and oxygen atoms in total. The molecule has 2 amide bonds. The third-order valence-electron chi connectivity index (χ3n) is 3.50. The summed E-state index contributed by atoms with van der Waals surface area (Å²) < 4.78 is 26.6. The van der Waals surface area contributed by atoms with E-state index in [-0.39, 0.29) is 42.4 Å². The van der Waals surface area contributed by atoms with Crippen molar-refractivity contribution in [2.45, 2.75) is 24.7 Å². The maximum absolute atomic E-state index is 12.1. The van der Waals surface area contributed by atoms with Gasteiger partial charge in [0.05, 0.1) is 4.90 Å². The van der Waals surface area contributed by atoms with Crippen LogP contribution in [0.25, 0.3) is 0 Å². The van der Waals surface area contributed by atoms with Crippen molar-refractivity contribution in [1.29, 1.82) is 0 Å². The Balaban J connectivity index is 1.82. The van der Waals surface area contributed by atoms with E-state index in [0.717, 1.165) is 10.6 Å². The van der Waals surface area contributed by atoms with Crippen LogP contribution in [0, 0.1) is 6.92 Å². The van der Waals surface area contributed by atoms with Gasteiger partial charge in [-0.25, -0.2) is 18.1 Å². The van der Waals surface area contributed by atoms with E-state index in [9.17, 15) is 18.0 Å². The van der Waals surface area contributed by atoms with Crippen LogP contribution in [0.2, 0.25) is 0 Å². The zero-order valence-corrected chi connectivity index (χ0v) is 14.4. The molecule has 2 N–H and O–H groups in total. The molecule has 0 bridgehead atoms. The first kappa shape index (κ1) is 18.1. The van der Waals surface area contributed by atoms with Gasteiger partial charge in [-0.1, -0.05) is 17.7 Å². The van der Waals surface area contributed by atoms with Crippen molar-refractivity contribution in [2.24, 2.45) is 5.10 Å². The summed E-state index contributed by atoms with van der Waals surface area (Å²) in [4.78, 5) is 23.4. The second kappa shape index (κ2) is 7.54. The fraction of sp³-hybridized carbons (Fsp3) is 0.400. The maximum Gasteiger partial charge on any atom is 0.267 e. The van der Waals surface area contributed by atoms with E-state index in [4.69, 9.17) is 0 Å². The van der Waals surface area contributed by atoms with Crippen LogP contribution < -0.4 is 10.0 Å². The first-order chi connectivity index (χ1) is 11.3. The van der Waals surface area contributed by atoms with Gasteiger partial charge < -0.3 is 5.32 Å². The number of benzene rings is 1. The van der Waals surface area contributed by atoms with E-state index in [0.29, 0.717) is 0 Å². The van der Waals surface area contributed by atoms with Gasteiger partial charge >= 0.3 is 0 Å². The minimum Gasteiger partial charge on any atom is -0.350 e. The van der Waals surface area contributed by atoms with E-state index in [1.807, 2.05) is 6.92 Å². The molecule has 0 radical (unpaired) electrons. The molecule has 0 atom stereocenters. The zero-order valence-electron chi connectivity index (χ0n) is 13.6. The molecular formula is C15H20N4O4S. The Morgan fingerprint density at radius 1 is 1.21 bits per heavy atom. The largest absolute Gasteiger partial charge is 0.350 e. The summed E-state index contributed by atoms with van der Waals surface area (Å²) in [6, 6.07) is 6.49. The van der Waals surface area contributed by atoms with Gasteiger partial charge in [0.2, 0.25) is 15.9 Å². The van der Waals surface area contributed by atoms with E-state index < -0.39 is 15.9 Å². The Morgan fingerprint density at radius 3 is 2.50 bits per heavy atom. The van der Waals surface area contributed by atoms with Crippen LogP contribution in [0.1, 0.15) is 18.4 Å². The van der Waals surface area contributed by atoms with Crippen molar-refractivity contribution < 1.29 is 18.0 Å². The number of hydrogen-bond acceptors (Lipinski definition) is 5. The van der Waals surface area contributed by atoms with Gasteiger partial charge in [-0.2, -0.15) is 5.10 Å². The van der Waals surface area contributed by atoms with Gasteiger partial charge in [-0.05, 0) is 19.1 Å². The van der Waals surface area contributed by atoms with Crippen LogP contribution in [-0.4, -0.2) is 51.1 Å². The summed E-state index contributed by atoms with van der Waals surface area (Å²) in [5, 5.41) is 7.62. The number of carbonyl (C=O) groups is 2. The number of nitrogens with zero attached hydrogens (tertiary/aromatic N) is 2. The maximum atomic E-state index is 12.1. The topological polar surface area (TPSA) is 108 Å². The number of carbonyl (C=O) groups excluding carboxylic acids is 2. The van der Waals surface area contributed by atoms with E-state index in [1.54, 1.807) is 12.1 Å². The van der Waals surface area contributed by atoms with Crippen molar-refractivity contribution in [2.75, 3.05) is 20.1 Å². The average molecular weight is 352 g/mol. The highest BCUT2D eigenvalue weighted by Crippen LogP contribution is 2.09. The summed E-state index contributed by atoms with van der Waals surface area (Å²) in [5.41, 5.74) is 1.23. The van der Waals surface area contributed by atoms with Crippen LogP contribution in [0.5, 0.6) is 0 Å². The number of aryl methyl sites for hydroxylation is 1.